The molecule has 0 amide bonds. The maximum absolute atomic E-state index is 9.75. The van der Waals surface area contributed by atoms with Crippen LogP contribution in [0.2, 0.25) is 0 Å². The Hall–Kier alpha value is -10.0. The van der Waals surface area contributed by atoms with E-state index >= 15 is 0 Å². The third kappa shape index (κ3) is 8.23. The first kappa shape index (κ1) is 41.9. The Morgan fingerprint density at radius 3 is 1.92 bits per heavy atom. The van der Waals surface area contributed by atoms with Gasteiger partial charge in [-0.3, -0.25) is 4.57 Å². The van der Waals surface area contributed by atoms with Gasteiger partial charge in [0.25, 0.3) is 0 Å². The van der Waals surface area contributed by atoms with Gasteiger partial charge in [0, 0.05) is 65.3 Å². The summed E-state index contributed by atoms with van der Waals surface area (Å²) in [6.07, 6.45) is 1.59. The molecule has 0 atom stereocenters. The lowest BCUT2D eigenvalue weighted by Gasteiger charge is -2.32. The fraction of sp³-hybridized carbons (Fsp3) is 0.0897. The third-order valence-corrected chi connectivity index (χ3v) is 21.8. The molecule has 0 radical (unpaired) electrons. The van der Waals surface area contributed by atoms with E-state index in [1.165, 1.54) is 27.7 Å². The van der Waals surface area contributed by atoms with E-state index in [1.807, 2.05) is 78.9 Å². The van der Waals surface area contributed by atoms with Gasteiger partial charge in [-0.2, -0.15) is 0 Å². The van der Waals surface area contributed by atoms with Crippen LogP contribution in [-0.4, -0.2) is 24.3 Å². The summed E-state index contributed by atoms with van der Waals surface area (Å²) in [5.74, 6) is 1.54. The molecule has 404 valence electrons. The van der Waals surface area contributed by atoms with Crippen LogP contribution in [0.3, 0.4) is 0 Å². The van der Waals surface area contributed by atoms with E-state index in [1.54, 1.807) is 24.4 Å². The summed E-state index contributed by atoms with van der Waals surface area (Å²) < 4.78 is 89.5. The van der Waals surface area contributed by atoms with Crippen LogP contribution < -0.4 is 35.3 Å². The summed E-state index contributed by atoms with van der Waals surface area (Å²) in [6.45, 7) is 1.86. The lowest BCUT2D eigenvalue weighted by atomic mass is 9.85. The monoisotopic (exact) mass is 1110 g/mol. The van der Waals surface area contributed by atoms with E-state index in [4.69, 9.17) is 17.9 Å². The van der Waals surface area contributed by atoms with Crippen LogP contribution in [0, 0.1) is 13.7 Å². The van der Waals surface area contributed by atoms with Crippen molar-refractivity contribution >= 4 is 73.4 Å². The Bertz CT molecular complexity index is 5070. The minimum absolute atomic E-state index is 0.0191. The number of aryl methyl sites for hydroxylation is 2. The number of hydrogen-bond acceptors (Lipinski definition) is 4. The van der Waals surface area contributed by atoms with Crippen molar-refractivity contribution in [3.63, 3.8) is 0 Å². The Balaban J connectivity index is 0.947. The summed E-state index contributed by atoms with van der Waals surface area (Å²) in [6, 6.07) is 82.8. The second-order valence-corrected chi connectivity index (χ2v) is 26.5. The lowest BCUT2D eigenvalue weighted by Crippen LogP contribution is -2.73. The van der Waals surface area contributed by atoms with Crippen LogP contribution >= 0.6 is 0 Å². The fourth-order valence-electron chi connectivity index (χ4n) is 13.1. The number of hydrogen-bond donors (Lipinski definition) is 0. The minimum Gasteiger partial charge on any atom is -0.457 e. The number of pyridine rings is 1. The van der Waals surface area contributed by atoms with Crippen molar-refractivity contribution < 1.29 is 17.1 Å². The molecule has 0 bridgehead atoms. The maximum Gasteiger partial charge on any atom is 0.181 e. The van der Waals surface area contributed by atoms with Gasteiger partial charge in [-0.25, -0.2) is 4.98 Å². The molecule has 5 nitrogen and oxygen atoms in total. The summed E-state index contributed by atoms with van der Waals surface area (Å²) in [4.78, 5) is 9.58. The molecular formula is C78H62N4OSi. The highest BCUT2D eigenvalue weighted by atomic mass is 28.3. The predicted octanol–water partition coefficient (Wildman–Crippen LogP) is 17.5. The minimum atomic E-state index is -3.35. The molecule has 0 fully saturated rings. The average molecular weight is 1110 g/mol. The Labute approximate surface area is 505 Å². The first-order valence-corrected chi connectivity index (χ1v) is 30.5. The molecule has 0 saturated heterocycles. The molecule has 2 aliphatic rings. The predicted molar refractivity (Wildman–Crippen MR) is 354 cm³/mol. The van der Waals surface area contributed by atoms with Crippen LogP contribution in [0.15, 0.2) is 273 Å². The van der Waals surface area contributed by atoms with E-state index in [2.05, 4.69) is 175 Å². The van der Waals surface area contributed by atoms with Gasteiger partial charge in [0.2, 0.25) is 0 Å². The molecule has 11 aromatic carbocycles. The molecule has 84 heavy (non-hydrogen) atoms. The van der Waals surface area contributed by atoms with E-state index in [-0.39, 0.29) is 34.7 Å². The molecular weight excluding hydrogens is 1040 g/mol. The smallest absolute Gasteiger partial charge is 0.181 e. The Kier molecular flexibility index (Phi) is 10.1. The molecule has 6 heteroatoms. The fourth-order valence-corrected chi connectivity index (χ4v) is 18.5. The maximum atomic E-state index is 9.75. The molecule has 15 rings (SSSR count). The number of para-hydroxylation sites is 4. The number of fused-ring (bicyclic) bond motifs is 8. The van der Waals surface area contributed by atoms with Gasteiger partial charge in [-0.15, -0.1) is 0 Å². The number of nitrogens with zero attached hydrogens (tertiary/aromatic N) is 4. The van der Waals surface area contributed by atoms with E-state index < -0.39 is 21.8 Å². The molecule has 0 aliphatic carbocycles. The summed E-state index contributed by atoms with van der Waals surface area (Å²) in [5.41, 5.74) is 11.6. The van der Waals surface area contributed by atoms with Crippen molar-refractivity contribution in [3.05, 3.63) is 290 Å². The highest BCUT2D eigenvalue weighted by Crippen LogP contribution is 2.51. The van der Waals surface area contributed by atoms with E-state index in [9.17, 15) is 4.11 Å². The van der Waals surface area contributed by atoms with Crippen molar-refractivity contribution in [2.24, 2.45) is 0 Å². The summed E-state index contributed by atoms with van der Waals surface area (Å²) >= 11 is 0. The number of benzene rings is 11. The van der Waals surface area contributed by atoms with Gasteiger partial charge in [0.05, 0.1) is 32.2 Å². The van der Waals surface area contributed by atoms with Crippen LogP contribution in [0.4, 0.5) is 22.7 Å². The van der Waals surface area contributed by atoms with Gasteiger partial charge in [-0.05, 0) is 110 Å². The van der Waals surface area contributed by atoms with Crippen molar-refractivity contribution in [1.82, 2.24) is 9.55 Å². The van der Waals surface area contributed by atoms with Gasteiger partial charge >= 0.3 is 0 Å². The van der Waals surface area contributed by atoms with Crippen molar-refractivity contribution in [2.75, 3.05) is 16.5 Å². The first-order chi connectivity index (χ1) is 44.8. The van der Waals surface area contributed by atoms with Gasteiger partial charge < -0.3 is 14.5 Å². The number of ether oxygens (including phenoxy) is 1. The summed E-state index contributed by atoms with van der Waals surface area (Å²) in [5, 5.41) is 6.65. The summed E-state index contributed by atoms with van der Waals surface area (Å²) in [7, 11) is -3.35. The largest absolute Gasteiger partial charge is 0.457 e. The molecule has 13 aromatic rings. The molecule has 0 spiro atoms. The van der Waals surface area contributed by atoms with Crippen LogP contribution in [0.5, 0.6) is 11.5 Å². The van der Waals surface area contributed by atoms with Crippen molar-refractivity contribution in [3.8, 4) is 61.8 Å². The number of anilines is 4. The highest BCUT2D eigenvalue weighted by Gasteiger charge is 2.51. The number of aromatic nitrogens is 2. The van der Waals surface area contributed by atoms with Crippen LogP contribution in [0.1, 0.15) is 49.8 Å². The van der Waals surface area contributed by atoms with E-state index in [0.29, 0.717) is 51.9 Å². The standard InChI is InChI=1S/C78H62N4OSi/c1-52-42-44-55(45-43-52)66-50-79-73(46-53(66)2)82-67-38-17-15-34-64(67)74-70(82)49-71(75-65-35-16-20-41-72(65)84(77(74)75,60-30-11-7-12-31-60)61-32-13-8-14-33-61)83-59-29-22-28-58(48-59)80-51-81(69-40-19-18-39-68(69)80)76-62(54-24-9-6-10-25-54)36-23-37-63(76)56-26-21-27-57(47-56)78(3,4)5/h6-50H,51H2,1-5H3/i1D3,2D3,23D,36D,37D. The molecule has 2 aromatic heterocycles. The van der Waals surface area contributed by atoms with Gasteiger partial charge in [0.1, 0.15) is 24.0 Å². The average Bonchev–Trinajstić information content (AvgIpc) is 1.51. The zero-order chi connectivity index (χ0) is 64.3. The highest BCUT2D eigenvalue weighted by molar-refractivity contribution is 7.23. The molecule has 0 saturated carbocycles. The zero-order valence-electron chi connectivity index (χ0n) is 55.7. The van der Waals surface area contributed by atoms with E-state index in [0.717, 1.165) is 71.9 Å². The van der Waals surface area contributed by atoms with Crippen molar-refractivity contribution in [2.45, 2.75) is 39.9 Å². The van der Waals surface area contributed by atoms with Crippen LogP contribution in [-0.2, 0) is 5.41 Å². The third-order valence-electron chi connectivity index (χ3n) is 16.9. The Morgan fingerprint density at radius 1 is 0.536 bits per heavy atom. The molecule has 4 heterocycles. The molecule has 0 unspecified atom stereocenters. The van der Waals surface area contributed by atoms with Crippen LogP contribution in [0.25, 0.3) is 72.1 Å². The normalized spacial score (nSPS) is 15.2. The SMILES string of the molecule is [2H]c1c([2H])c(-c2ccccc2)c(N2CN(c3cccc(Oc4cc5c(c6c4-c4ccccc4[Si]6(c4ccccc4)c4ccccc4)c4ccccc4n5-c4cc(C([2H])([2H])[2H])c(-c5ccc(C([2H])([2H])[2H])cc5)cn4)c3)c3ccccc32)c(-c2cccc(C(C)(C)C)c2)c1[2H]. The second kappa shape index (κ2) is 20.2. The van der Waals surface area contributed by atoms with Gasteiger partial charge in [-0.1, -0.05) is 245 Å². The quantitative estimate of drug-likeness (QED) is 0.128. The second-order valence-electron chi connectivity index (χ2n) is 22.8. The topological polar surface area (TPSA) is 33.5 Å². The number of rotatable bonds is 10. The van der Waals surface area contributed by atoms with Gasteiger partial charge in [0.15, 0.2) is 8.07 Å². The molecule has 2 aliphatic heterocycles. The van der Waals surface area contributed by atoms with Crippen molar-refractivity contribution in [1.29, 1.82) is 0 Å². The first-order valence-electron chi connectivity index (χ1n) is 33.0. The zero-order valence-corrected chi connectivity index (χ0v) is 47.7. The Morgan fingerprint density at radius 2 is 1.18 bits per heavy atom. The lowest BCUT2D eigenvalue weighted by molar-refractivity contribution is 0.485. The molecule has 0 N–H and O–H groups in total.